The minimum atomic E-state index is -0.489. The van der Waals surface area contributed by atoms with E-state index in [0.29, 0.717) is 6.54 Å². The fourth-order valence-electron chi connectivity index (χ4n) is 0.994. The van der Waals surface area contributed by atoms with Crippen LogP contribution in [0.3, 0.4) is 0 Å². The van der Waals surface area contributed by atoms with Crippen LogP contribution in [0.5, 0.6) is 0 Å². The Hall–Kier alpha value is -1.26. The van der Waals surface area contributed by atoms with Crippen molar-refractivity contribution in [3.63, 3.8) is 0 Å². The zero-order chi connectivity index (χ0) is 11.3. The molecule has 5 heteroatoms. The SMILES string of the molecule is CCN(C)C(=O)N(CC(N)=O)C(C)C. The van der Waals surface area contributed by atoms with E-state index in [9.17, 15) is 9.59 Å². The number of primary amides is 1. The lowest BCUT2D eigenvalue weighted by molar-refractivity contribution is -0.119. The van der Waals surface area contributed by atoms with Crippen molar-refractivity contribution in [2.24, 2.45) is 5.73 Å². The second kappa shape index (κ2) is 5.47. The zero-order valence-electron chi connectivity index (χ0n) is 9.28. The number of urea groups is 1. The van der Waals surface area contributed by atoms with Gasteiger partial charge in [-0.25, -0.2) is 4.79 Å². The van der Waals surface area contributed by atoms with Crippen LogP contribution in [-0.2, 0) is 4.79 Å². The van der Waals surface area contributed by atoms with E-state index in [0.717, 1.165) is 0 Å². The number of hydrogen-bond donors (Lipinski definition) is 1. The van der Waals surface area contributed by atoms with Crippen LogP contribution < -0.4 is 5.73 Å². The van der Waals surface area contributed by atoms with E-state index in [4.69, 9.17) is 5.73 Å². The van der Waals surface area contributed by atoms with Gasteiger partial charge in [-0.3, -0.25) is 4.79 Å². The second-order valence-electron chi connectivity index (χ2n) is 3.48. The van der Waals surface area contributed by atoms with Gasteiger partial charge in [-0.2, -0.15) is 0 Å². The Balaban J connectivity index is 4.49. The van der Waals surface area contributed by atoms with Crippen molar-refractivity contribution >= 4 is 11.9 Å². The molecule has 0 aromatic rings. The minimum absolute atomic E-state index is 0.0241. The molecule has 0 saturated carbocycles. The molecular weight excluding hydrogens is 182 g/mol. The predicted molar refractivity (Wildman–Crippen MR) is 54.7 cm³/mol. The van der Waals surface area contributed by atoms with Crippen molar-refractivity contribution in [3.8, 4) is 0 Å². The molecule has 82 valence electrons. The summed E-state index contributed by atoms with van der Waals surface area (Å²) in [6, 6.07) is -0.190. The van der Waals surface area contributed by atoms with Crippen LogP contribution in [0, 0.1) is 0 Å². The lowest BCUT2D eigenvalue weighted by atomic mass is 10.3. The van der Waals surface area contributed by atoms with E-state index in [-0.39, 0.29) is 18.6 Å². The smallest absolute Gasteiger partial charge is 0.320 e. The summed E-state index contributed by atoms with van der Waals surface area (Å²) >= 11 is 0. The highest BCUT2D eigenvalue weighted by molar-refractivity contribution is 5.83. The maximum atomic E-state index is 11.7. The number of carbonyl (C=O) groups excluding carboxylic acids is 2. The van der Waals surface area contributed by atoms with Gasteiger partial charge in [-0.05, 0) is 20.8 Å². The number of carbonyl (C=O) groups is 2. The Morgan fingerprint density at radius 3 is 2.14 bits per heavy atom. The molecule has 0 unspecified atom stereocenters. The van der Waals surface area contributed by atoms with Crippen LogP contribution in [0.15, 0.2) is 0 Å². The van der Waals surface area contributed by atoms with Gasteiger partial charge in [0.25, 0.3) is 0 Å². The molecule has 0 bridgehead atoms. The third-order valence-electron chi connectivity index (χ3n) is 2.00. The van der Waals surface area contributed by atoms with Gasteiger partial charge in [-0.1, -0.05) is 0 Å². The standard InChI is InChI=1S/C9H19N3O2/c1-5-11(4)9(14)12(7(2)3)6-8(10)13/h7H,5-6H2,1-4H3,(H2,10,13). The van der Waals surface area contributed by atoms with Gasteiger partial charge < -0.3 is 15.5 Å². The maximum absolute atomic E-state index is 11.7. The van der Waals surface area contributed by atoms with Gasteiger partial charge in [0.2, 0.25) is 5.91 Å². The predicted octanol–water partition coefficient (Wildman–Crippen LogP) is 0.254. The third-order valence-corrected chi connectivity index (χ3v) is 2.00. The van der Waals surface area contributed by atoms with E-state index in [2.05, 4.69) is 0 Å². The van der Waals surface area contributed by atoms with Crippen molar-refractivity contribution in [2.75, 3.05) is 20.1 Å². The first kappa shape index (κ1) is 12.7. The second-order valence-corrected chi connectivity index (χ2v) is 3.48. The van der Waals surface area contributed by atoms with Crippen LogP contribution in [0.2, 0.25) is 0 Å². The molecule has 0 fully saturated rings. The quantitative estimate of drug-likeness (QED) is 0.708. The molecule has 0 aliphatic heterocycles. The average Bonchev–Trinajstić information content (AvgIpc) is 2.11. The summed E-state index contributed by atoms with van der Waals surface area (Å²) in [5.41, 5.74) is 5.06. The number of nitrogens with zero attached hydrogens (tertiary/aromatic N) is 2. The molecule has 0 rings (SSSR count). The Morgan fingerprint density at radius 2 is 1.86 bits per heavy atom. The summed E-state index contributed by atoms with van der Waals surface area (Å²) in [5, 5.41) is 0. The molecule has 0 aromatic heterocycles. The van der Waals surface area contributed by atoms with Crippen LogP contribution in [0.1, 0.15) is 20.8 Å². The van der Waals surface area contributed by atoms with Crippen molar-refractivity contribution in [1.29, 1.82) is 0 Å². The fraction of sp³-hybridized carbons (Fsp3) is 0.778. The topological polar surface area (TPSA) is 66.6 Å². The van der Waals surface area contributed by atoms with Gasteiger partial charge in [0.1, 0.15) is 6.54 Å². The minimum Gasteiger partial charge on any atom is -0.368 e. The van der Waals surface area contributed by atoms with E-state index < -0.39 is 5.91 Å². The van der Waals surface area contributed by atoms with E-state index >= 15 is 0 Å². The summed E-state index contributed by atoms with van der Waals surface area (Å²) in [5.74, 6) is -0.489. The highest BCUT2D eigenvalue weighted by Crippen LogP contribution is 2.02. The molecule has 0 aliphatic rings. The molecule has 3 amide bonds. The summed E-state index contributed by atoms with van der Waals surface area (Å²) in [7, 11) is 1.69. The maximum Gasteiger partial charge on any atom is 0.320 e. The number of nitrogens with two attached hydrogens (primary N) is 1. The lowest BCUT2D eigenvalue weighted by Crippen LogP contribution is -2.48. The van der Waals surface area contributed by atoms with Gasteiger partial charge in [0.15, 0.2) is 0 Å². The highest BCUT2D eigenvalue weighted by atomic mass is 16.2. The Labute approximate surface area is 84.8 Å². The highest BCUT2D eigenvalue weighted by Gasteiger charge is 2.21. The number of rotatable bonds is 4. The first-order valence-corrected chi connectivity index (χ1v) is 4.70. The Morgan fingerprint density at radius 1 is 1.36 bits per heavy atom. The molecule has 0 spiro atoms. The van der Waals surface area contributed by atoms with Crippen LogP contribution >= 0.6 is 0 Å². The van der Waals surface area contributed by atoms with Crippen LogP contribution in [0.25, 0.3) is 0 Å². The van der Waals surface area contributed by atoms with Crippen LogP contribution in [-0.4, -0.2) is 47.9 Å². The average molecular weight is 201 g/mol. The molecule has 0 aliphatic carbocycles. The third kappa shape index (κ3) is 3.64. The van der Waals surface area contributed by atoms with Crippen molar-refractivity contribution in [2.45, 2.75) is 26.8 Å². The van der Waals surface area contributed by atoms with Gasteiger partial charge in [0.05, 0.1) is 0 Å². The monoisotopic (exact) mass is 201 g/mol. The number of amides is 3. The molecule has 0 aromatic carbocycles. The van der Waals surface area contributed by atoms with Gasteiger partial charge in [0, 0.05) is 19.6 Å². The van der Waals surface area contributed by atoms with E-state index in [1.807, 2.05) is 20.8 Å². The van der Waals surface area contributed by atoms with Crippen molar-refractivity contribution in [3.05, 3.63) is 0 Å². The first-order chi connectivity index (χ1) is 6.40. The normalized spacial score (nSPS) is 10.1. The van der Waals surface area contributed by atoms with Crippen LogP contribution in [0.4, 0.5) is 4.79 Å². The Kier molecular flexibility index (Phi) is 4.97. The number of hydrogen-bond acceptors (Lipinski definition) is 2. The van der Waals surface area contributed by atoms with Gasteiger partial charge in [-0.15, -0.1) is 0 Å². The first-order valence-electron chi connectivity index (χ1n) is 4.70. The fourth-order valence-corrected chi connectivity index (χ4v) is 0.994. The summed E-state index contributed by atoms with van der Waals surface area (Å²) in [6.45, 7) is 6.16. The van der Waals surface area contributed by atoms with E-state index in [1.165, 1.54) is 4.90 Å². The molecule has 5 nitrogen and oxygen atoms in total. The van der Waals surface area contributed by atoms with E-state index in [1.54, 1.807) is 11.9 Å². The molecule has 14 heavy (non-hydrogen) atoms. The van der Waals surface area contributed by atoms with Crippen molar-refractivity contribution < 1.29 is 9.59 Å². The summed E-state index contributed by atoms with van der Waals surface area (Å²) in [4.78, 5) is 25.4. The van der Waals surface area contributed by atoms with Gasteiger partial charge >= 0.3 is 6.03 Å². The molecule has 0 heterocycles. The molecular formula is C9H19N3O2. The molecule has 0 saturated heterocycles. The van der Waals surface area contributed by atoms with Crippen molar-refractivity contribution in [1.82, 2.24) is 9.80 Å². The Bertz CT molecular complexity index is 216. The molecule has 0 atom stereocenters. The molecule has 2 N–H and O–H groups in total. The summed E-state index contributed by atoms with van der Waals surface area (Å²) in [6.07, 6.45) is 0. The largest absolute Gasteiger partial charge is 0.368 e. The lowest BCUT2D eigenvalue weighted by Gasteiger charge is -2.29. The zero-order valence-corrected chi connectivity index (χ0v) is 9.28. The molecule has 0 radical (unpaired) electrons. The summed E-state index contributed by atoms with van der Waals surface area (Å²) < 4.78 is 0.